The molecular weight excluding hydrogens is 547 g/mol. The van der Waals surface area contributed by atoms with Crippen molar-refractivity contribution in [3.05, 3.63) is 105 Å². The SMILES string of the molecule is Cc1cccc(CN(C(=O)CSCc2ccc(Cl)c(Cl)c2)C(Cc2ccccc2)C(=O)NC2CCCCC2)c1. The van der Waals surface area contributed by atoms with Gasteiger partial charge in [-0.2, -0.15) is 0 Å². The number of thioether (sulfide) groups is 1. The fourth-order valence-corrected chi connectivity index (χ4v) is 6.25. The van der Waals surface area contributed by atoms with Crippen LogP contribution in [0.1, 0.15) is 54.4 Å². The van der Waals surface area contributed by atoms with Gasteiger partial charge >= 0.3 is 0 Å². The Labute approximate surface area is 246 Å². The molecule has 0 saturated heterocycles. The van der Waals surface area contributed by atoms with Crippen molar-refractivity contribution in [3.63, 3.8) is 0 Å². The summed E-state index contributed by atoms with van der Waals surface area (Å²) in [4.78, 5) is 29.5. The van der Waals surface area contributed by atoms with Crippen LogP contribution in [0.4, 0.5) is 0 Å². The van der Waals surface area contributed by atoms with E-state index in [1.807, 2.05) is 67.6 Å². The molecule has 1 fully saturated rings. The van der Waals surface area contributed by atoms with Crippen molar-refractivity contribution in [1.82, 2.24) is 10.2 Å². The minimum atomic E-state index is -0.604. The molecule has 39 heavy (non-hydrogen) atoms. The third kappa shape index (κ3) is 9.02. The lowest BCUT2D eigenvalue weighted by atomic mass is 9.94. The lowest BCUT2D eigenvalue weighted by Crippen LogP contribution is -2.53. The van der Waals surface area contributed by atoms with Crippen LogP contribution in [-0.2, 0) is 28.3 Å². The number of hydrogen-bond donors (Lipinski definition) is 1. The van der Waals surface area contributed by atoms with E-state index in [1.54, 1.807) is 11.0 Å². The summed E-state index contributed by atoms with van der Waals surface area (Å²) >= 11 is 13.8. The molecule has 1 unspecified atom stereocenters. The van der Waals surface area contributed by atoms with Gasteiger partial charge < -0.3 is 10.2 Å². The summed E-state index contributed by atoms with van der Waals surface area (Å²) in [7, 11) is 0. The summed E-state index contributed by atoms with van der Waals surface area (Å²) in [6.07, 6.45) is 5.93. The van der Waals surface area contributed by atoms with Crippen molar-refractivity contribution in [3.8, 4) is 0 Å². The molecule has 2 amide bonds. The van der Waals surface area contributed by atoms with Gasteiger partial charge in [0.1, 0.15) is 6.04 Å². The first-order chi connectivity index (χ1) is 18.9. The molecule has 4 nitrogen and oxygen atoms in total. The first-order valence-corrected chi connectivity index (χ1v) is 15.5. The number of benzene rings is 3. The Morgan fingerprint density at radius 2 is 1.64 bits per heavy atom. The Balaban J connectivity index is 1.56. The van der Waals surface area contributed by atoms with Crippen LogP contribution >= 0.6 is 35.0 Å². The number of nitrogens with one attached hydrogen (secondary N) is 1. The van der Waals surface area contributed by atoms with Gasteiger partial charge in [0.15, 0.2) is 0 Å². The molecule has 0 spiro atoms. The quantitative estimate of drug-likeness (QED) is 0.253. The average Bonchev–Trinajstić information content (AvgIpc) is 2.93. The minimum Gasteiger partial charge on any atom is -0.352 e. The Bertz CT molecular complexity index is 1250. The van der Waals surface area contributed by atoms with Gasteiger partial charge in [-0.1, -0.05) is 109 Å². The standard InChI is InChI=1S/C32H36Cl2N2O2S/c1-23-9-8-12-25(17-23)20-36(31(37)22-39-21-26-15-16-28(33)29(34)18-26)30(19-24-10-4-2-5-11-24)32(38)35-27-13-6-3-7-14-27/h2,4-5,8-12,15-18,27,30H,3,6-7,13-14,19-22H2,1H3,(H,35,38). The molecule has 0 radical (unpaired) electrons. The second-order valence-electron chi connectivity index (χ2n) is 10.3. The van der Waals surface area contributed by atoms with E-state index in [1.165, 1.54) is 18.2 Å². The monoisotopic (exact) mass is 582 g/mol. The fraction of sp³-hybridized carbons (Fsp3) is 0.375. The first kappa shape index (κ1) is 29.5. The number of amides is 2. The largest absolute Gasteiger partial charge is 0.352 e. The van der Waals surface area contributed by atoms with E-state index in [-0.39, 0.29) is 23.6 Å². The first-order valence-electron chi connectivity index (χ1n) is 13.6. The molecule has 7 heteroatoms. The van der Waals surface area contributed by atoms with Crippen molar-refractivity contribution in [2.24, 2.45) is 0 Å². The van der Waals surface area contributed by atoms with Crippen LogP contribution in [0, 0.1) is 6.92 Å². The third-order valence-corrected chi connectivity index (χ3v) is 8.86. The topological polar surface area (TPSA) is 49.4 Å². The number of carbonyl (C=O) groups excluding carboxylic acids is 2. The van der Waals surface area contributed by atoms with Crippen molar-refractivity contribution >= 4 is 46.8 Å². The van der Waals surface area contributed by atoms with Crippen LogP contribution in [0.3, 0.4) is 0 Å². The molecular formula is C32H36Cl2N2O2S. The Kier molecular flexibility index (Phi) is 11.2. The summed E-state index contributed by atoms with van der Waals surface area (Å²) in [5.74, 6) is 0.759. The molecule has 4 rings (SSSR count). The normalized spacial score (nSPS) is 14.5. The lowest BCUT2D eigenvalue weighted by Gasteiger charge is -2.33. The highest BCUT2D eigenvalue weighted by Crippen LogP contribution is 2.25. The van der Waals surface area contributed by atoms with Gasteiger partial charge in [0, 0.05) is 24.8 Å². The molecule has 0 aliphatic heterocycles. The summed E-state index contributed by atoms with van der Waals surface area (Å²) in [5.41, 5.74) is 4.18. The van der Waals surface area contributed by atoms with Gasteiger partial charge in [0.2, 0.25) is 11.8 Å². The predicted molar refractivity (Wildman–Crippen MR) is 163 cm³/mol. The summed E-state index contributed by atoms with van der Waals surface area (Å²) < 4.78 is 0. The van der Waals surface area contributed by atoms with Crippen LogP contribution in [0.2, 0.25) is 10.0 Å². The Morgan fingerprint density at radius 3 is 2.36 bits per heavy atom. The van der Waals surface area contributed by atoms with Crippen molar-refractivity contribution in [2.45, 2.75) is 69.8 Å². The third-order valence-electron chi connectivity index (χ3n) is 7.14. The second-order valence-corrected chi connectivity index (χ2v) is 12.1. The number of hydrogen-bond acceptors (Lipinski definition) is 3. The Morgan fingerprint density at radius 1 is 0.897 bits per heavy atom. The van der Waals surface area contributed by atoms with Gasteiger partial charge in [0.05, 0.1) is 15.8 Å². The average molecular weight is 584 g/mol. The van der Waals surface area contributed by atoms with Crippen molar-refractivity contribution < 1.29 is 9.59 Å². The number of halogens is 2. The molecule has 206 valence electrons. The zero-order chi connectivity index (χ0) is 27.6. The number of rotatable bonds is 11. The van der Waals surface area contributed by atoms with E-state index in [4.69, 9.17) is 23.2 Å². The number of nitrogens with zero attached hydrogens (tertiary/aromatic N) is 1. The molecule has 1 aliphatic carbocycles. The molecule has 0 bridgehead atoms. The molecule has 0 heterocycles. The number of aryl methyl sites for hydroxylation is 1. The van der Waals surface area contributed by atoms with Crippen LogP contribution in [0.15, 0.2) is 72.8 Å². The van der Waals surface area contributed by atoms with Crippen molar-refractivity contribution in [1.29, 1.82) is 0 Å². The lowest BCUT2D eigenvalue weighted by molar-refractivity contribution is -0.139. The molecule has 1 atom stereocenters. The maximum absolute atomic E-state index is 13.9. The fourth-order valence-electron chi connectivity index (χ4n) is 5.07. The van der Waals surface area contributed by atoms with Gasteiger partial charge in [0.25, 0.3) is 0 Å². The highest BCUT2D eigenvalue weighted by molar-refractivity contribution is 7.99. The molecule has 3 aromatic carbocycles. The minimum absolute atomic E-state index is 0.0544. The van der Waals surface area contributed by atoms with E-state index < -0.39 is 6.04 Å². The van der Waals surface area contributed by atoms with Gasteiger partial charge in [-0.15, -0.1) is 11.8 Å². The Hall–Kier alpha value is -2.47. The summed E-state index contributed by atoms with van der Waals surface area (Å²) in [6.45, 7) is 2.42. The van der Waals surface area contributed by atoms with E-state index in [0.717, 1.165) is 47.9 Å². The highest BCUT2D eigenvalue weighted by atomic mass is 35.5. The maximum atomic E-state index is 13.9. The molecule has 0 aromatic heterocycles. The molecule has 1 saturated carbocycles. The molecule has 1 aliphatic rings. The van der Waals surface area contributed by atoms with Crippen LogP contribution < -0.4 is 5.32 Å². The van der Waals surface area contributed by atoms with E-state index in [2.05, 4.69) is 11.4 Å². The maximum Gasteiger partial charge on any atom is 0.243 e. The van der Waals surface area contributed by atoms with E-state index in [9.17, 15) is 9.59 Å². The zero-order valence-corrected chi connectivity index (χ0v) is 24.7. The van der Waals surface area contributed by atoms with E-state index >= 15 is 0 Å². The van der Waals surface area contributed by atoms with Gasteiger partial charge in [-0.3, -0.25) is 9.59 Å². The highest BCUT2D eigenvalue weighted by Gasteiger charge is 2.31. The molecule has 3 aromatic rings. The van der Waals surface area contributed by atoms with Crippen LogP contribution in [0.25, 0.3) is 0 Å². The van der Waals surface area contributed by atoms with Gasteiger partial charge in [-0.05, 0) is 48.6 Å². The van der Waals surface area contributed by atoms with Gasteiger partial charge in [-0.25, -0.2) is 0 Å². The number of carbonyl (C=O) groups is 2. The summed E-state index contributed by atoms with van der Waals surface area (Å²) in [6, 6.07) is 23.2. The van der Waals surface area contributed by atoms with Crippen molar-refractivity contribution in [2.75, 3.05) is 5.75 Å². The second kappa shape index (κ2) is 14.8. The summed E-state index contributed by atoms with van der Waals surface area (Å²) in [5, 5.41) is 4.32. The predicted octanol–water partition coefficient (Wildman–Crippen LogP) is 7.62. The zero-order valence-electron chi connectivity index (χ0n) is 22.4. The van der Waals surface area contributed by atoms with E-state index in [0.29, 0.717) is 28.8 Å². The molecule has 1 N–H and O–H groups in total. The van der Waals surface area contributed by atoms with Crippen LogP contribution in [-0.4, -0.2) is 34.6 Å². The van der Waals surface area contributed by atoms with Crippen LogP contribution in [0.5, 0.6) is 0 Å². The smallest absolute Gasteiger partial charge is 0.243 e.